The predicted octanol–water partition coefficient (Wildman–Crippen LogP) is 1.37. The Bertz CT molecular complexity index is 241. The first-order valence-corrected chi connectivity index (χ1v) is 5.96. The summed E-state index contributed by atoms with van der Waals surface area (Å²) in [6, 6.07) is 0. The van der Waals surface area contributed by atoms with E-state index in [1.54, 1.807) is 11.8 Å². The summed E-state index contributed by atoms with van der Waals surface area (Å²) < 4.78 is 0.932. The van der Waals surface area contributed by atoms with Crippen LogP contribution in [-0.2, 0) is 0 Å². The van der Waals surface area contributed by atoms with Crippen LogP contribution in [0.15, 0.2) is 4.34 Å². The molecule has 6 heteroatoms. The molecular formula is C7H13N3OS2. The summed E-state index contributed by atoms with van der Waals surface area (Å²) in [5.41, 5.74) is 5.43. The van der Waals surface area contributed by atoms with E-state index in [0.29, 0.717) is 5.13 Å². The van der Waals surface area contributed by atoms with Crippen molar-refractivity contribution in [1.29, 1.82) is 0 Å². The van der Waals surface area contributed by atoms with E-state index < -0.39 is 0 Å². The molecule has 0 bridgehead atoms. The van der Waals surface area contributed by atoms with Gasteiger partial charge in [0.25, 0.3) is 0 Å². The molecule has 1 aromatic rings. The first kappa shape index (κ1) is 10.7. The van der Waals surface area contributed by atoms with Crippen molar-refractivity contribution < 1.29 is 5.11 Å². The van der Waals surface area contributed by atoms with Crippen LogP contribution < -0.4 is 5.73 Å². The van der Waals surface area contributed by atoms with Crippen LogP contribution in [0.2, 0.25) is 0 Å². The van der Waals surface area contributed by atoms with Gasteiger partial charge in [0, 0.05) is 12.4 Å². The van der Waals surface area contributed by atoms with Crippen LogP contribution in [0.25, 0.3) is 0 Å². The largest absolute Gasteiger partial charge is 0.396 e. The van der Waals surface area contributed by atoms with E-state index in [0.717, 1.165) is 29.4 Å². The summed E-state index contributed by atoms with van der Waals surface area (Å²) in [5.74, 6) is 1.02. The van der Waals surface area contributed by atoms with Crippen molar-refractivity contribution in [3.63, 3.8) is 0 Å². The summed E-state index contributed by atoms with van der Waals surface area (Å²) >= 11 is 3.10. The number of hydrogen-bond acceptors (Lipinski definition) is 6. The highest BCUT2D eigenvalue weighted by atomic mass is 32.2. The van der Waals surface area contributed by atoms with Gasteiger partial charge in [-0.3, -0.25) is 0 Å². The average molecular weight is 219 g/mol. The fourth-order valence-electron chi connectivity index (χ4n) is 0.829. The molecule has 3 N–H and O–H groups in total. The minimum Gasteiger partial charge on any atom is -0.396 e. The number of aliphatic hydroxyl groups is 1. The third kappa shape index (κ3) is 4.44. The van der Waals surface area contributed by atoms with Crippen molar-refractivity contribution in [2.75, 3.05) is 18.1 Å². The zero-order valence-corrected chi connectivity index (χ0v) is 8.90. The summed E-state index contributed by atoms with van der Waals surface area (Å²) in [4.78, 5) is 0. The number of aliphatic hydroxyl groups excluding tert-OH is 1. The second kappa shape index (κ2) is 6.17. The first-order valence-electron chi connectivity index (χ1n) is 4.15. The molecule has 0 aliphatic carbocycles. The van der Waals surface area contributed by atoms with E-state index in [1.165, 1.54) is 11.3 Å². The summed E-state index contributed by atoms with van der Waals surface area (Å²) in [6.45, 7) is 0.288. The average Bonchev–Trinajstić information content (AvgIpc) is 2.51. The highest BCUT2D eigenvalue weighted by Gasteiger charge is 2.00. The topological polar surface area (TPSA) is 72.0 Å². The lowest BCUT2D eigenvalue weighted by Crippen LogP contribution is -1.85. The Kier molecular flexibility index (Phi) is 5.10. The molecule has 0 saturated carbocycles. The molecular weight excluding hydrogens is 206 g/mol. The van der Waals surface area contributed by atoms with Crippen LogP contribution in [0.1, 0.15) is 19.3 Å². The van der Waals surface area contributed by atoms with Crippen LogP contribution in [0.3, 0.4) is 0 Å². The van der Waals surface area contributed by atoms with E-state index in [9.17, 15) is 0 Å². The van der Waals surface area contributed by atoms with E-state index in [1.807, 2.05) is 0 Å². The van der Waals surface area contributed by atoms with Gasteiger partial charge in [0.15, 0.2) is 4.34 Å². The summed E-state index contributed by atoms with van der Waals surface area (Å²) in [5, 5.41) is 16.7. The third-order valence-electron chi connectivity index (χ3n) is 1.45. The second-order valence-corrected chi connectivity index (χ2v) is 4.89. The minimum absolute atomic E-state index is 0.288. The predicted molar refractivity (Wildman–Crippen MR) is 56.0 cm³/mol. The number of nitrogens with two attached hydrogens (primary N) is 1. The zero-order chi connectivity index (χ0) is 9.52. The standard InChI is InChI=1S/C7H13N3OS2/c8-6-9-10-7(13-6)12-5-3-1-2-4-11/h11H,1-5H2,(H2,8,9). The lowest BCUT2D eigenvalue weighted by Gasteiger charge is -1.95. The number of thioether (sulfide) groups is 1. The Morgan fingerprint density at radius 2 is 2.15 bits per heavy atom. The molecule has 0 fully saturated rings. The van der Waals surface area contributed by atoms with Crippen LogP contribution in [0.4, 0.5) is 5.13 Å². The van der Waals surface area contributed by atoms with E-state index >= 15 is 0 Å². The van der Waals surface area contributed by atoms with Crippen molar-refractivity contribution in [2.45, 2.75) is 23.6 Å². The SMILES string of the molecule is Nc1nnc(SCCCCCO)s1. The Hall–Kier alpha value is -0.330. The molecule has 74 valence electrons. The number of hydrogen-bond donors (Lipinski definition) is 2. The molecule has 0 unspecified atom stereocenters. The Morgan fingerprint density at radius 1 is 1.31 bits per heavy atom. The van der Waals surface area contributed by atoms with Crippen LogP contribution in [0.5, 0.6) is 0 Å². The smallest absolute Gasteiger partial charge is 0.203 e. The molecule has 0 amide bonds. The third-order valence-corrected chi connectivity index (χ3v) is 3.42. The molecule has 0 radical (unpaired) electrons. The molecule has 0 saturated heterocycles. The number of nitrogen functional groups attached to an aromatic ring is 1. The number of rotatable bonds is 6. The molecule has 0 aromatic carbocycles. The maximum atomic E-state index is 8.54. The zero-order valence-electron chi connectivity index (χ0n) is 7.27. The monoisotopic (exact) mass is 219 g/mol. The van der Waals surface area contributed by atoms with Crippen LogP contribution in [0, 0.1) is 0 Å². The van der Waals surface area contributed by atoms with Gasteiger partial charge in [0.05, 0.1) is 0 Å². The fourth-order valence-corrected chi connectivity index (χ4v) is 2.53. The van der Waals surface area contributed by atoms with Crippen molar-refractivity contribution in [1.82, 2.24) is 10.2 Å². The van der Waals surface area contributed by atoms with Gasteiger partial charge in [-0.05, 0) is 12.8 Å². The lowest BCUT2D eigenvalue weighted by atomic mass is 10.3. The molecule has 0 spiro atoms. The van der Waals surface area contributed by atoms with Crippen molar-refractivity contribution in [3.8, 4) is 0 Å². The normalized spacial score (nSPS) is 10.5. The van der Waals surface area contributed by atoms with Gasteiger partial charge in [0.1, 0.15) is 0 Å². The second-order valence-electron chi connectivity index (χ2n) is 2.54. The van der Waals surface area contributed by atoms with Gasteiger partial charge in [-0.2, -0.15) is 0 Å². The molecule has 1 aromatic heterocycles. The molecule has 13 heavy (non-hydrogen) atoms. The fraction of sp³-hybridized carbons (Fsp3) is 0.714. The summed E-state index contributed by atoms with van der Waals surface area (Å²) in [6.07, 6.45) is 3.06. The highest BCUT2D eigenvalue weighted by molar-refractivity contribution is 8.01. The molecule has 0 atom stereocenters. The maximum Gasteiger partial charge on any atom is 0.203 e. The molecule has 0 aliphatic rings. The van der Waals surface area contributed by atoms with Crippen molar-refractivity contribution >= 4 is 28.2 Å². The van der Waals surface area contributed by atoms with Gasteiger partial charge < -0.3 is 10.8 Å². The van der Waals surface area contributed by atoms with Gasteiger partial charge >= 0.3 is 0 Å². The molecule has 0 aliphatic heterocycles. The number of anilines is 1. The first-order chi connectivity index (χ1) is 6.33. The number of aromatic nitrogens is 2. The molecule has 4 nitrogen and oxygen atoms in total. The number of unbranched alkanes of at least 4 members (excludes halogenated alkanes) is 2. The number of nitrogens with zero attached hydrogens (tertiary/aromatic N) is 2. The van der Waals surface area contributed by atoms with E-state index in [4.69, 9.17) is 10.8 Å². The van der Waals surface area contributed by atoms with E-state index in [2.05, 4.69) is 10.2 Å². The Morgan fingerprint density at radius 3 is 2.77 bits per heavy atom. The van der Waals surface area contributed by atoms with Crippen LogP contribution >= 0.6 is 23.1 Å². The maximum absolute atomic E-state index is 8.54. The molecule has 1 rings (SSSR count). The quantitative estimate of drug-likeness (QED) is 0.558. The van der Waals surface area contributed by atoms with Gasteiger partial charge in [-0.15, -0.1) is 10.2 Å². The minimum atomic E-state index is 0.288. The van der Waals surface area contributed by atoms with Gasteiger partial charge in [-0.1, -0.05) is 29.5 Å². The van der Waals surface area contributed by atoms with Crippen molar-refractivity contribution in [3.05, 3.63) is 0 Å². The van der Waals surface area contributed by atoms with E-state index in [-0.39, 0.29) is 6.61 Å². The van der Waals surface area contributed by atoms with Gasteiger partial charge in [-0.25, -0.2) is 0 Å². The Labute approximate surface area is 85.6 Å². The molecule has 1 heterocycles. The van der Waals surface area contributed by atoms with Gasteiger partial charge in [0.2, 0.25) is 5.13 Å². The highest BCUT2D eigenvalue weighted by Crippen LogP contribution is 2.24. The Balaban J connectivity index is 2.06. The van der Waals surface area contributed by atoms with Crippen molar-refractivity contribution in [2.24, 2.45) is 0 Å². The van der Waals surface area contributed by atoms with Crippen LogP contribution in [-0.4, -0.2) is 27.7 Å². The lowest BCUT2D eigenvalue weighted by molar-refractivity contribution is 0.284. The summed E-state index contributed by atoms with van der Waals surface area (Å²) in [7, 11) is 0.